The maximum atomic E-state index is 13.7. The number of halogens is 1. The van der Waals surface area contributed by atoms with E-state index in [1.54, 1.807) is 17.0 Å². The minimum Gasteiger partial charge on any atom is -0.450 e. The molecule has 1 unspecified atom stereocenters. The first-order valence-electron chi connectivity index (χ1n) is 10.6. The molecule has 1 atom stereocenters. The third-order valence-electron chi connectivity index (χ3n) is 6.16. The van der Waals surface area contributed by atoms with Crippen molar-refractivity contribution in [1.82, 2.24) is 0 Å². The van der Waals surface area contributed by atoms with Gasteiger partial charge in [0.2, 0.25) is 5.76 Å². The first-order valence-corrected chi connectivity index (χ1v) is 11.0. The van der Waals surface area contributed by atoms with E-state index in [2.05, 4.69) is 6.92 Å². The first kappa shape index (κ1) is 20.5. The van der Waals surface area contributed by atoms with Crippen LogP contribution in [0.5, 0.6) is 0 Å². The molecular formula is C27H22ClNO3. The molecule has 4 nitrogen and oxygen atoms in total. The van der Waals surface area contributed by atoms with Crippen LogP contribution in [0.15, 0.2) is 69.9 Å². The van der Waals surface area contributed by atoms with E-state index in [1.807, 2.05) is 62.4 Å². The molecule has 2 heterocycles. The van der Waals surface area contributed by atoms with Crippen LogP contribution >= 0.6 is 11.6 Å². The number of carbonyl (C=O) groups excluding carboxylic acids is 1. The van der Waals surface area contributed by atoms with Crippen molar-refractivity contribution in [3.63, 3.8) is 0 Å². The van der Waals surface area contributed by atoms with Gasteiger partial charge in [-0.2, -0.15) is 0 Å². The summed E-state index contributed by atoms with van der Waals surface area (Å²) in [5, 5.41) is 1.04. The normalized spacial score (nSPS) is 15.4. The molecule has 0 radical (unpaired) electrons. The molecule has 0 bridgehead atoms. The lowest BCUT2D eigenvalue weighted by Gasteiger charge is -2.26. The molecule has 1 aliphatic heterocycles. The van der Waals surface area contributed by atoms with Crippen LogP contribution in [0.1, 0.15) is 51.3 Å². The van der Waals surface area contributed by atoms with Gasteiger partial charge in [0.15, 0.2) is 5.43 Å². The molecule has 0 fully saturated rings. The van der Waals surface area contributed by atoms with Crippen LogP contribution in [0.2, 0.25) is 5.02 Å². The molecule has 5 heteroatoms. The van der Waals surface area contributed by atoms with E-state index in [1.165, 1.54) is 5.56 Å². The Labute approximate surface area is 191 Å². The van der Waals surface area contributed by atoms with Crippen molar-refractivity contribution in [3.8, 4) is 0 Å². The van der Waals surface area contributed by atoms with Gasteiger partial charge in [0.25, 0.3) is 5.91 Å². The number of amides is 1. The van der Waals surface area contributed by atoms with E-state index in [0.717, 1.165) is 23.1 Å². The zero-order valence-electron chi connectivity index (χ0n) is 18.1. The highest BCUT2D eigenvalue weighted by Gasteiger charge is 2.43. The van der Waals surface area contributed by atoms with E-state index >= 15 is 0 Å². The Morgan fingerprint density at radius 2 is 1.72 bits per heavy atom. The summed E-state index contributed by atoms with van der Waals surface area (Å²) in [6.45, 7) is 5.93. The van der Waals surface area contributed by atoms with Crippen LogP contribution in [0, 0.1) is 13.8 Å². The van der Waals surface area contributed by atoms with Crippen LogP contribution < -0.4 is 10.3 Å². The molecule has 1 aliphatic rings. The Kier molecular flexibility index (Phi) is 4.90. The Morgan fingerprint density at radius 3 is 2.41 bits per heavy atom. The van der Waals surface area contributed by atoms with Gasteiger partial charge in [-0.3, -0.25) is 14.5 Å². The molecule has 160 valence electrons. The van der Waals surface area contributed by atoms with Crippen molar-refractivity contribution in [3.05, 3.63) is 109 Å². The quantitative estimate of drug-likeness (QED) is 0.369. The highest BCUT2D eigenvalue weighted by molar-refractivity contribution is 6.31. The molecule has 1 amide bonds. The van der Waals surface area contributed by atoms with E-state index in [4.69, 9.17) is 16.0 Å². The molecule has 32 heavy (non-hydrogen) atoms. The molecule has 0 aliphatic carbocycles. The molecule has 0 spiro atoms. The van der Waals surface area contributed by atoms with Crippen LogP contribution in [-0.2, 0) is 6.42 Å². The van der Waals surface area contributed by atoms with Gasteiger partial charge in [0.1, 0.15) is 5.58 Å². The smallest absolute Gasteiger partial charge is 0.295 e. The topological polar surface area (TPSA) is 50.5 Å². The van der Waals surface area contributed by atoms with Crippen LogP contribution in [0.3, 0.4) is 0 Å². The van der Waals surface area contributed by atoms with Crippen molar-refractivity contribution in [2.75, 3.05) is 4.90 Å². The van der Waals surface area contributed by atoms with Crippen molar-refractivity contribution in [2.45, 2.75) is 33.2 Å². The van der Waals surface area contributed by atoms with Crippen molar-refractivity contribution in [1.29, 1.82) is 0 Å². The first-order chi connectivity index (χ1) is 15.4. The molecule has 4 aromatic rings. The minimum absolute atomic E-state index is 0.0904. The molecule has 0 N–H and O–H groups in total. The lowest BCUT2D eigenvalue weighted by molar-refractivity contribution is 0.0971. The van der Waals surface area contributed by atoms with Gasteiger partial charge in [0, 0.05) is 10.7 Å². The van der Waals surface area contributed by atoms with Crippen molar-refractivity contribution in [2.24, 2.45) is 0 Å². The fourth-order valence-corrected chi connectivity index (χ4v) is 4.51. The summed E-state index contributed by atoms with van der Waals surface area (Å²) >= 11 is 6.40. The molecule has 5 rings (SSSR count). The van der Waals surface area contributed by atoms with Crippen LogP contribution in [0.4, 0.5) is 5.69 Å². The van der Waals surface area contributed by atoms with E-state index in [-0.39, 0.29) is 17.1 Å². The summed E-state index contributed by atoms with van der Waals surface area (Å²) in [7, 11) is 0. The minimum atomic E-state index is -0.594. The SMILES string of the molecule is CCc1ccc(C2c3c(oc4ccc(C)cc4c3=O)C(=O)N2c2ccc(C)c(Cl)c2)cc1. The highest BCUT2D eigenvalue weighted by Crippen LogP contribution is 2.42. The summed E-state index contributed by atoms with van der Waals surface area (Å²) in [5.41, 5.74) is 5.14. The third kappa shape index (κ3) is 3.14. The number of carbonyl (C=O) groups is 1. The summed E-state index contributed by atoms with van der Waals surface area (Å²) in [5.74, 6) is -0.253. The average Bonchev–Trinajstić information content (AvgIpc) is 3.09. The Hall–Kier alpha value is -3.37. The van der Waals surface area contributed by atoms with Gasteiger partial charge in [-0.05, 0) is 61.2 Å². The molecule has 0 saturated carbocycles. The fourth-order valence-electron chi connectivity index (χ4n) is 4.34. The highest BCUT2D eigenvalue weighted by atomic mass is 35.5. The fraction of sp³-hybridized carbons (Fsp3) is 0.185. The monoisotopic (exact) mass is 443 g/mol. The maximum absolute atomic E-state index is 13.7. The largest absolute Gasteiger partial charge is 0.450 e. The zero-order valence-corrected chi connectivity index (χ0v) is 18.9. The Bertz CT molecular complexity index is 1440. The van der Waals surface area contributed by atoms with Crippen LogP contribution in [0.25, 0.3) is 11.0 Å². The number of hydrogen-bond acceptors (Lipinski definition) is 3. The second-order valence-electron chi connectivity index (χ2n) is 8.28. The third-order valence-corrected chi connectivity index (χ3v) is 6.57. The summed E-state index contributed by atoms with van der Waals surface area (Å²) in [6.07, 6.45) is 0.907. The standard InChI is InChI=1S/C27H22ClNO3/c1-4-17-7-9-18(10-8-17)24-23-25(30)20-13-15(2)5-12-22(20)32-26(23)27(31)29(24)19-11-6-16(3)21(28)14-19/h5-14,24H,4H2,1-3H3. The lowest BCUT2D eigenvalue weighted by Crippen LogP contribution is -2.29. The number of aryl methyl sites for hydroxylation is 3. The van der Waals surface area contributed by atoms with Gasteiger partial charge in [-0.15, -0.1) is 0 Å². The van der Waals surface area contributed by atoms with Gasteiger partial charge in [0.05, 0.1) is 17.0 Å². The van der Waals surface area contributed by atoms with Gasteiger partial charge < -0.3 is 4.42 Å². The zero-order chi connectivity index (χ0) is 22.6. The van der Waals surface area contributed by atoms with Gasteiger partial charge in [-0.1, -0.05) is 60.5 Å². The summed E-state index contributed by atoms with van der Waals surface area (Å²) in [6, 6.07) is 18.4. The maximum Gasteiger partial charge on any atom is 0.295 e. The number of hydrogen-bond donors (Lipinski definition) is 0. The molecule has 0 saturated heterocycles. The number of anilines is 1. The second kappa shape index (κ2) is 7.64. The molecular weight excluding hydrogens is 422 g/mol. The van der Waals surface area contributed by atoms with E-state index in [9.17, 15) is 9.59 Å². The second-order valence-corrected chi connectivity index (χ2v) is 8.69. The number of fused-ring (bicyclic) bond motifs is 2. The van der Waals surface area contributed by atoms with Gasteiger partial charge in [-0.25, -0.2) is 0 Å². The summed E-state index contributed by atoms with van der Waals surface area (Å²) in [4.78, 5) is 28.9. The number of nitrogens with zero attached hydrogens (tertiary/aromatic N) is 1. The van der Waals surface area contributed by atoms with Gasteiger partial charge >= 0.3 is 0 Å². The molecule has 3 aromatic carbocycles. The Morgan fingerprint density at radius 1 is 0.969 bits per heavy atom. The van der Waals surface area contributed by atoms with Crippen molar-refractivity contribution >= 4 is 34.2 Å². The predicted molar refractivity (Wildman–Crippen MR) is 128 cm³/mol. The van der Waals surface area contributed by atoms with E-state index in [0.29, 0.717) is 27.2 Å². The predicted octanol–water partition coefficient (Wildman–Crippen LogP) is 6.38. The number of benzene rings is 3. The van der Waals surface area contributed by atoms with Crippen LogP contribution in [-0.4, -0.2) is 5.91 Å². The van der Waals surface area contributed by atoms with Crippen molar-refractivity contribution < 1.29 is 9.21 Å². The number of rotatable bonds is 3. The van der Waals surface area contributed by atoms with E-state index < -0.39 is 6.04 Å². The molecule has 1 aromatic heterocycles. The lowest BCUT2D eigenvalue weighted by atomic mass is 9.96. The summed E-state index contributed by atoms with van der Waals surface area (Å²) < 4.78 is 6.03. The average molecular weight is 444 g/mol. The Balaban J connectivity index is 1.80.